The van der Waals surface area contributed by atoms with Gasteiger partial charge in [0.1, 0.15) is 0 Å². The van der Waals surface area contributed by atoms with Crippen LogP contribution in [-0.2, 0) is 0 Å². The molecule has 0 amide bonds. The summed E-state index contributed by atoms with van der Waals surface area (Å²) in [6, 6.07) is 4.40. The standard InChI is InChI=1S/C8H10FNO.C6H15N/c1-2-7(11)6-4-3-5-10-8(6)9;1-5(2)7-6(3)4/h3-5,7,11H,2H2,1H3;5-7H,1-4H3. The Hall–Kier alpha value is -1.00. The van der Waals surface area contributed by atoms with E-state index in [1.165, 1.54) is 12.3 Å². The van der Waals surface area contributed by atoms with Crippen LogP contribution in [0, 0.1) is 5.95 Å². The summed E-state index contributed by atoms with van der Waals surface area (Å²) >= 11 is 0. The van der Waals surface area contributed by atoms with Crippen molar-refractivity contribution in [1.29, 1.82) is 0 Å². The fourth-order valence-electron chi connectivity index (χ4n) is 1.53. The van der Waals surface area contributed by atoms with Crippen LogP contribution in [0.15, 0.2) is 18.3 Å². The third kappa shape index (κ3) is 7.35. The van der Waals surface area contributed by atoms with Crippen LogP contribution in [-0.4, -0.2) is 22.2 Å². The zero-order valence-corrected chi connectivity index (χ0v) is 11.9. The summed E-state index contributed by atoms with van der Waals surface area (Å²) < 4.78 is 12.8. The summed E-state index contributed by atoms with van der Waals surface area (Å²) in [5.41, 5.74) is 0.273. The lowest BCUT2D eigenvalue weighted by atomic mass is 10.1. The van der Waals surface area contributed by atoms with Gasteiger partial charge in [0.2, 0.25) is 5.95 Å². The van der Waals surface area contributed by atoms with Gasteiger partial charge >= 0.3 is 0 Å². The van der Waals surface area contributed by atoms with Crippen LogP contribution < -0.4 is 5.32 Å². The van der Waals surface area contributed by atoms with Gasteiger partial charge in [-0.25, -0.2) is 4.98 Å². The van der Waals surface area contributed by atoms with E-state index in [2.05, 4.69) is 38.0 Å². The van der Waals surface area contributed by atoms with Gasteiger partial charge in [0.05, 0.1) is 6.10 Å². The highest BCUT2D eigenvalue weighted by Gasteiger charge is 2.09. The summed E-state index contributed by atoms with van der Waals surface area (Å²) in [4.78, 5) is 3.42. The quantitative estimate of drug-likeness (QED) is 0.814. The number of aromatic nitrogens is 1. The molecule has 0 aliphatic heterocycles. The van der Waals surface area contributed by atoms with Gasteiger partial charge in [-0.05, 0) is 12.5 Å². The molecule has 0 fully saturated rings. The van der Waals surface area contributed by atoms with Crippen molar-refractivity contribution in [2.45, 2.75) is 59.2 Å². The molecule has 1 aromatic heterocycles. The molecule has 1 heterocycles. The Morgan fingerprint density at radius 2 is 1.83 bits per heavy atom. The molecule has 0 spiro atoms. The molecule has 1 aromatic rings. The third-order valence-corrected chi connectivity index (χ3v) is 2.20. The van der Waals surface area contributed by atoms with E-state index in [9.17, 15) is 9.50 Å². The average Bonchev–Trinajstić information content (AvgIpc) is 2.27. The van der Waals surface area contributed by atoms with Gasteiger partial charge in [0.15, 0.2) is 0 Å². The van der Waals surface area contributed by atoms with Gasteiger partial charge in [0, 0.05) is 23.8 Å². The lowest BCUT2D eigenvalue weighted by Gasteiger charge is -2.10. The van der Waals surface area contributed by atoms with E-state index in [4.69, 9.17) is 0 Å². The largest absolute Gasteiger partial charge is 0.388 e. The molecule has 1 unspecified atom stereocenters. The molecule has 0 saturated carbocycles. The van der Waals surface area contributed by atoms with E-state index >= 15 is 0 Å². The number of hydrogen-bond acceptors (Lipinski definition) is 3. The smallest absolute Gasteiger partial charge is 0.218 e. The monoisotopic (exact) mass is 256 g/mol. The van der Waals surface area contributed by atoms with Gasteiger partial charge < -0.3 is 10.4 Å². The molecule has 2 N–H and O–H groups in total. The number of rotatable bonds is 4. The molecule has 1 rings (SSSR count). The molecule has 0 radical (unpaired) electrons. The molecular weight excluding hydrogens is 231 g/mol. The number of hydrogen-bond donors (Lipinski definition) is 2. The fraction of sp³-hybridized carbons (Fsp3) is 0.643. The van der Waals surface area contributed by atoms with Crippen molar-refractivity contribution in [1.82, 2.24) is 10.3 Å². The predicted molar refractivity (Wildman–Crippen MR) is 72.9 cm³/mol. The second-order valence-electron chi connectivity index (χ2n) is 4.78. The first-order chi connectivity index (χ1) is 8.38. The van der Waals surface area contributed by atoms with Crippen molar-refractivity contribution in [3.05, 3.63) is 29.8 Å². The van der Waals surface area contributed by atoms with Crippen molar-refractivity contribution >= 4 is 0 Å². The first kappa shape index (κ1) is 17.0. The molecule has 0 saturated heterocycles. The van der Waals surface area contributed by atoms with Crippen molar-refractivity contribution in [3.8, 4) is 0 Å². The third-order valence-electron chi connectivity index (χ3n) is 2.20. The van der Waals surface area contributed by atoms with Crippen LogP contribution in [0.3, 0.4) is 0 Å². The van der Waals surface area contributed by atoms with Crippen LogP contribution >= 0.6 is 0 Å². The Morgan fingerprint density at radius 3 is 2.17 bits per heavy atom. The normalized spacial score (nSPS) is 12.3. The Labute approximate surface area is 109 Å². The molecule has 0 aromatic carbocycles. The minimum Gasteiger partial charge on any atom is -0.388 e. The van der Waals surface area contributed by atoms with Crippen LogP contribution in [0.2, 0.25) is 0 Å². The second kappa shape index (κ2) is 9.00. The van der Waals surface area contributed by atoms with Gasteiger partial charge in [0.25, 0.3) is 0 Å². The lowest BCUT2D eigenvalue weighted by Crippen LogP contribution is -2.29. The van der Waals surface area contributed by atoms with E-state index in [0.717, 1.165) is 0 Å². The van der Waals surface area contributed by atoms with Crippen molar-refractivity contribution in [3.63, 3.8) is 0 Å². The minimum atomic E-state index is -0.733. The molecule has 104 valence electrons. The van der Waals surface area contributed by atoms with E-state index in [0.29, 0.717) is 18.5 Å². The fourth-order valence-corrected chi connectivity index (χ4v) is 1.53. The van der Waals surface area contributed by atoms with Gasteiger partial charge in [-0.1, -0.05) is 40.7 Å². The highest BCUT2D eigenvalue weighted by molar-refractivity contribution is 5.13. The van der Waals surface area contributed by atoms with Crippen molar-refractivity contribution in [2.75, 3.05) is 0 Å². The number of nitrogens with zero attached hydrogens (tertiary/aromatic N) is 1. The molecule has 0 aliphatic rings. The van der Waals surface area contributed by atoms with E-state index in [1.54, 1.807) is 13.0 Å². The Morgan fingerprint density at radius 1 is 1.28 bits per heavy atom. The summed E-state index contributed by atoms with van der Waals surface area (Å²) in [5, 5.41) is 12.5. The van der Waals surface area contributed by atoms with E-state index < -0.39 is 12.1 Å². The number of aliphatic hydroxyl groups excluding tert-OH is 1. The summed E-state index contributed by atoms with van der Waals surface area (Å²) in [5.74, 6) is -0.582. The highest BCUT2D eigenvalue weighted by atomic mass is 19.1. The average molecular weight is 256 g/mol. The van der Waals surface area contributed by atoms with Crippen LogP contribution in [0.5, 0.6) is 0 Å². The first-order valence-corrected chi connectivity index (χ1v) is 6.43. The lowest BCUT2D eigenvalue weighted by molar-refractivity contribution is 0.167. The molecule has 0 bridgehead atoms. The van der Waals surface area contributed by atoms with Crippen molar-refractivity contribution in [2.24, 2.45) is 0 Å². The van der Waals surface area contributed by atoms with Crippen LogP contribution in [0.1, 0.15) is 52.7 Å². The number of pyridine rings is 1. The summed E-state index contributed by atoms with van der Waals surface area (Å²) in [6.07, 6.45) is 1.13. The molecule has 4 heteroatoms. The predicted octanol–water partition coefficient (Wildman–Crippen LogP) is 3.06. The Kier molecular flexibility index (Phi) is 8.50. The SMILES string of the molecule is CC(C)NC(C)C.CCC(O)c1cccnc1F. The molecule has 1 atom stereocenters. The number of halogens is 1. The Balaban J connectivity index is 0.000000360. The van der Waals surface area contributed by atoms with Crippen molar-refractivity contribution < 1.29 is 9.50 Å². The van der Waals surface area contributed by atoms with Crippen LogP contribution in [0.25, 0.3) is 0 Å². The molecular formula is C14H25FN2O. The molecule has 3 nitrogen and oxygen atoms in total. The number of aliphatic hydroxyl groups is 1. The van der Waals surface area contributed by atoms with E-state index in [-0.39, 0.29) is 5.56 Å². The topological polar surface area (TPSA) is 45.1 Å². The van der Waals surface area contributed by atoms with Gasteiger partial charge in [-0.15, -0.1) is 0 Å². The second-order valence-corrected chi connectivity index (χ2v) is 4.78. The maximum absolute atomic E-state index is 12.8. The van der Waals surface area contributed by atoms with Gasteiger partial charge in [-0.2, -0.15) is 4.39 Å². The zero-order chi connectivity index (χ0) is 14.1. The minimum absolute atomic E-state index is 0.273. The number of nitrogens with one attached hydrogen (secondary N) is 1. The zero-order valence-electron chi connectivity index (χ0n) is 11.9. The summed E-state index contributed by atoms with van der Waals surface area (Å²) in [7, 11) is 0. The molecule has 18 heavy (non-hydrogen) atoms. The van der Waals surface area contributed by atoms with Gasteiger partial charge in [-0.3, -0.25) is 0 Å². The Bertz CT molecular complexity index is 323. The highest BCUT2D eigenvalue weighted by Crippen LogP contribution is 2.16. The van der Waals surface area contributed by atoms with E-state index in [1.807, 2.05) is 0 Å². The maximum atomic E-state index is 12.8. The first-order valence-electron chi connectivity index (χ1n) is 6.43. The maximum Gasteiger partial charge on any atom is 0.218 e. The summed E-state index contributed by atoms with van der Waals surface area (Å²) in [6.45, 7) is 10.4. The van der Waals surface area contributed by atoms with Crippen LogP contribution in [0.4, 0.5) is 4.39 Å². The molecule has 0 aliphatic carbocycles.